The number of rotatable bonds is 3. The third kappa shape index (κ3) is 2.84. The normalized spacial score (nSPS) is 33.6. The van der Waals surface area contributed by atoms with Crippen molar-refractivity contribution in [2.24, 2.45) is 23.2 Å². The molecule has 0 spiro atoms. The lowest BCUT2D eigenvalue weighted by Crippen LogP contribution is -2.51. The van der Waals surface area contributed by atoms with Crippen LogP contribution in [0.2, 0.25) is 0 Å². The second kappa shape index (κ2) is 6.33. The lowest BCUT2D eigenvalue weighted by atomic mass is 9.49. The molecule has 6 rings (SSSR count). The number of hydrogen-bond donors (Lipinski definition) is 1. The van der Waals surface area contributed by atoms with Crippen molar-refractivity contribution in [2.45, 2.75) is 64.2 Å². The minimum Gasteiger partial charge on any atom is -0.345 e. The lowest BCUT2D eigenvalue weighted by molar-refractivity contribution is -0.140. The Hall–Kier alpha value is -1.36. The van der Waals surface area contributed by atoms with Crippen molar-refractivity contribution in [3.05, 3.63) is 16.0 Å². The first-order chi connectivity index (χ1) is 12.9. The monoisotopic (exact) mass is 386 g/mol. The Bertz CT molecular complexity index is 759. The molecular weight excluding hydrogens is 356 g/mol. The zero-order chi connectivity index (χ0) is 18.8. The summed E-state index contributed by atoms with van der Waals surface area (Å²) in [6.45, 7) is 0. The summed E-state index contributed by atoms with van der Waals surface area (Å²) in [5.41, 5.74) is 1.81. The number of thiophene rings is 1. The average Bonchev–Trinajstić information content (AvgIpc) is 2.97. The van der Waals surface area contributed by atoms with Crippen molar-refractivity contribution >= 4 is 28.2 Å². The third-order valence-corrected chi connectivity index (χ3v) is 8.75. The molecule has 146 valence electrons. The number of nitrogens with zero attached hydrogens (tertiary/aromatic N) is 1. The first-order valence-corrected chi connectivity index (χ1v) is 11.4. The molecule has 1 aromatic rings. The molecule has 4 bridgehead atoms. The summed E-state index contributed by atoms with van der Waals surface area (Å²) in [5.74, 6) is 2.49. The van der Waals surface area contributed by atoms with E-state index in [1.807, 2.05) is 0 Å². The predicted molar refractivity (Wildman–Crippen MR) is 108 cm³/mol. The van der Waals surface area contributed by atoms with Gasteiger partial charge in [-0.2, -0.15) is 0 Å². The van der Waals surface area contributed by atoms with Gasteiger partial charge in [-0.1, -0.05) is 0 Å². The van der Waals surface area contributed by atoms with Crippen LogP contribution in [0.25, 0.3) is 0 Å². The topological polar surface area (TPSA) is 49.4 Å². The van der Waals surface area contributed by atoms with E-state index in [-0.39, 0.29) is 17.2 Å². The Morgan fingerprint density at radius 2 is 1.59 bits per heavy atom. The minimum atomic E-state index is -0.169. The fourth-order valence-electron chi connectivity index (χ4n) is 6.73. The highest BCUT2D eigenvalue weighted by molar-refractivity contribution is 7.17. The van der Waals surface area contributed by atoms with E-state index in [1.54, 1.807) is 30.3 Å². The van der Waals surface area contributed by atoms with Gasteiger partial charge in [0.25, 0.3) is 5.91 Å². The van der Waals surface area contributed by atoms with Crippen molar-refractivity contribution in [1.29, 1.82) is 0 Å². The van der Waals surface area contributed by atoms with E-state index < -0.39 is 0 Å². The highest BCUT2D eigenvalue weighted by atomic mass is 32.1. The quantitative estimate of drug-likeness (QED) is 0.832. The summed E-state index contributed by atoms with van der Waals surface area (Å²) in [7, 11) is 3.61. The first kappa shape index (κ1) is 17.7. The Balaban J connectivity index is 1.46. The van der Waals surface area contributed by atoms with Crippen molar-refractivity contribution in [3.63, 3.8) is 0 Å². The van der Waals surface area contributed by atoms with Gasteiger partial charge in [0.1, 0.15) is 5.00 Å². The van der Waals surface area contributed by atoms with Crippen LogP contribution in [-0.2, 0) is 17.6 Å². The van der Waals surface area contributed by atoms with Crippen LogP contribution in [0.1, 0.15) is 72.2 Å². The molecular formula is C22H30N2O2S. The predicted octanol–water partition coefficient (Wildman–Crippen LogP) is 4.48. The van der Waals surface area contributed by atoms with Crippen molar-refractivity contribution in [3.8, 4) is 0 Å². The van der Waals surface area contributed by atoms with E-state index in [1.165, 1.54) is 36.1 Å². The number of fused-ring (bicyclic) bond motifs is 1. The fourth-order valence-corrected chi connectivity index (χ4v) is 8.00. The van der Waals surface area contributed by atoms with Gasteiger partial charge in [-0.25, -0.2) is 0 Å². The van der Waals surface area contributed by atoms with Crippen LogP contribution in [0.5, 0.6) is 0 Å². The molecule has 27 heavy (non-hydrogen) atoms. The maximum absolute atomic E-state index is 13.5. The molecule has 1 heterocycles. The van der Waals surface area contributed by atoms with Crippen molar-refractivity contribution in [2.75, 3.05) is 19.4 Å². The second-order valence-corrected chi connectivity index (χ2v) is 10.9. The van der Waals surface area contributed by atoms with E-state index in [9.17, 15) is 9.59 Å². The van der Waals surface area contributed by atoms with Gasteiger partial charge in [-0.3, -0.25) is 9.59 Å². The molecule has 0 atom stereocenters. The van der Waals surface area contributed by atoms with E-state index in [4.69, 9.17) is 0 Å². The van der Waals surface area contributed by atoms with Crippen molar-refractivity contribution < 1.29 is 9.59 Å². The average molecular weight is 387 g/mol. The van der Waals surface area contributed by atoms with Crippen LogP contribution in [0.15, 0.2) is 0 Å². The molecule has 4 nitrogen and oxygen atoms in total. The highest BCUT2D eigenvalue weighted by Gasteiger charge is 2.54. The smallest absolute Gasteiger partial charge is 0.256 e. The summed E-state index contributed by atoms with van der Waals surface area (Å²) < 4.78 is 0. The molecule has 4 saturated carbocycles. The van der Waals surface area contributed by atoms with Gasteiger partial charge in [0.05, 0.1) is 11.0 Å². The van der Waals surface area contributed by atoms with Crippen LogP contribution in [-0.4, -0.2) is 30.8 Å². The molecule has 0 unspecified atom stereocenters. The maximum Gasteiger partial charge on any atom is 0.256 e. The Morgan fingerprint density at radius 1 is 1.00 bits per heavy atom. The number of anilines is 1. The summed E-state index contributed by atoms with van der Waals surface area (Å²) in [5, 5.41) is 4.11. The molecule has 2 amide bonds. The maximum atomic E-state index is 13.5. The molecule has 1 aromatic heterocycles. The Kier molecular flexibility index (Phi) is 4.15. The molecule has 5 heteroatoms. The molecule has 0 saturated heterocycles. The SMILES string of the molecule is CN(C)C(=O)c1c(NC(=O)C23CC4CC(CC(C4)C2)C3)sc2c1CCCC2. The van der Waals surface area contributed by atoms with Crippen LogP contribution in [0.3, 0.4) is 0 Å². The molecule has 0 radical (unpaired) electrons. The number of hydrogen-bond acceptors (Lipinski definition) is 3. The zero-order valence-corrected chi connectivity index (χ0v) is 17.3. The van der Waals surface area contributed by atoms with Crippen LogP contribution >= 0.6 is 11.3 Å². The molecule has 0 aliphatic heterocycles. The number of nitrogens with one attached hydrogen (secondary N) is 1. The zero-order valence-electron chi connectivity index (χ0n) is 16.5. The molecule has 1 N–H and O–H groups in total. The standard InChI is InChI=1S/C22H30N2O2S/c1-24(2)20(25)18-16-5-3-4-6-17(16)27-19(18)23-21(26)22-10-13-7-14(11-22)9-15(8-13)12-22/h13-15H,3-12H2,1-2H3,(H,23,26). The highest BCUT2D eigenvalue weighted by Crippen LogP contribution is 2.60. The molecule has 0 aromatic carbocycles. The Labute approximate surface area is 165 Å². The summed E-state index contributed by atoms with van der Waals surface area (Å²) in [6, 6.07) is 0. The van der Waals surface area contributed by atoms with Gasteiger partial charge in [0, 0.05) is 19.0 Å². The lowest BCUT2D eigenvalue weighted by Gasteiger charge is -2.55. The molecule has 5 aliphatic rings. The van der Waals surface area contributed by atoms with E-state index in [2.05, 4.69) is 5.32 Å². The molecule has 4 fully saturated rings. The summed E-state index contributed by atoms with van der Waals surface area (Å²) in [4.78, 5) is 29.4. The van der Waals surface area contributed by atoms with Crippen LogP contribution in [0, 0.1) is 23.2 Å². The third-order valence-electron chi connectivity index (χ3n) is 7.54. The van der Waals surface area contributed by atoms with E-state index in [0.29, 0.717) is 0 Å². The minimum absolute atomic E-state index is 0.0372. The number of carbonyl (C=O) groups excluding carboxylic acids is 2. The summed E-state index contributed by atoms with van der Waals surface area (Å²) >= 11 is 1.66. The van der Waals surface area contributed by atoms with E-state index in [0.717, 1.165) is 66.8 Å². The first-order valence-electron chi connectivity index (χ1n) is 10.6. The summed E-state index contributed by atoms with van der Waals surface area (Å²) in [6.07, 6.45) is 11.5. The Morgan fingerprint density at radius 3 is 2.19 bits per heavy atom. The van der Waals surface area contributed by atoms with Gasteiger partial charge in [0.2, 0.25) is 5.91 Å². The molecule has 5 aliphatic carbocycles. The number of aryl methyl sites for hydroxylation is 1. The van der Waals surface area contributed by atoms with Gasteiger partial charge >= 0.3 is 0 Å². The van der Waals surface area contributed by atoms with Crippen LogP contribution < -0.4 is 5.32 Å². The number of carbonyl (C=O) groups is 2. The van der Waals surface area contributed by atoms with Crippen LogP contribution in [0.4, 0.5) is 5.00 Å². The van der Waals surface area contributed by atoms with E-state index >= 15 is 0 Å². The van der Waals surface area contributed by atoms with Gasteiger partial charge < -0.3 is 10.2 Å². The van der Waals surface area contributed by atoms with Gasteiger partial charge in [0.15, 0.2) is 0 Å². The van der Waals surface area contributed by atoms with Gasteiger partial charge in [-0.05, 0) is 87.5 Å². The fraction of sp³-hybridized carbons (Fsp3) is 0.727. The largest absolute Gasteiger partial charge is 0.345 e. The van der Waals surface area contributed by atoms with Gasteiger partial charge in [-0.15, -0.1) is 11.3 Å². The second-order valence-electron chi connectivity index (χ2n) is 9.77. The number of amides is 2. The van der Waals surface area contributed by atoms with Crippen molar-refractivity contribution in [1.82, 2.24) is 4.90 Å².